The van der Waals surface area contributed by atoms with E-state index < -0.39 is 15.9 Å². The van der Waals surface area contributed by atoms with E-state index in [4.69, 9.17) is 11.6 Å². The molecule has 0 heterocycles. The number of hydrogen-bond donors (Lipinski definition) is 2. The van der Waals surface area contributed by atoms with E-state index in [1.54, 1.807) is 12.1 Å². The van der Waals surface area contributed by atoms with Crippen LogP contribution in [0.4, 0.5) is 5.69 Å². The van der Waals surface area contributed by atoms with Gasteiger partial charge in [0, 0.05) is 5.69 Å². The van der Waals surface area contributed by atoms with E-state index in [0.29, 0.717) is 0 Å². The number of aryl methyl sites for hydroxylation is 2. The van der Waals surface area contributed by atoms with Crippen LogP contribution in [0.25, 0.3) is 0 Å². The van der Waals surface area contributed by atoms with Crippen LogP contribution in [0.5, 0.6) is 0 Å². The van der Waals surface area contributed by atoms with E-state index in [9.17, 15) is 13.2 Å². The predicted octanol–water partition coefficient (Wildman–Crippen LogP) is 3.13. The van der Waals surface area contributed by atoms with Crippen molar-refractivity contribution in [3.8, 4) is 0 Å². The van der Waals surface area contributed by atoms with E-state index in [1.807, 2.05) is 32.0 Å². The van der Waals surface area contributed by atoms with Crippen molar-refractivity contribution >= 4 is 33.2 Å². The zero-order chi connectivity index (χ0) is 17.7. The second kappa shape index (κ2) is 7.79. The number of carbonyl (C=O) groups excluding carboxylic acids is 1. The predicted molar refractivity (Wildman–Crippen MR) is 95.8 cm³/mol. The van der Waals surface area contributed by atoms with Gasteiger partial charge in [-0.15, -0.1) is 0 Å². The molecule has 0 spiro atoms. The SMILES string of the molecule is CCc1cccc(C)c1NC(=O)CNS(=O)(=O)c1ccccc1Cl. The number of para-hydroxylation sites is 1. The Morgan fingerprint density at radius 2 is 1.83 bits per heavy atom. The molecule has 2 N–H and O–H groups in total. The van der Waals surface area contributed by atoms with Gasteiger partial charge in [-0.05, 0) is 36.6 Å². The van der Waals surface area contributed by atoms with Crippen LogP contribution in [-0.2, 0) is 21.2 Å². The summed E-state index contributed by atoms with van der Waals surface area (Å²) in [6, 6.07) is 11.8. The lowest BCUT2D eigenvalue weighted by molar-refractivity contribution is -0.115. The molecule has 24 heavy (non-hydrogen) atoms. The first-order valence-corrected chi connectivity index (χ1v) is 9.33. The topological polar surface area (TPSA) is 75.3 Å². The van der Waals surface area contributed by atoms with Gasteiger partial charge in [0.15, 0.2) is 0 Å². The summed E-state index contributed by atoms with van der Waals surface area (Å²) in [6.45, 7) is 3.51. The van der Waals surface area contributed by atoms with E-state index in [0.717, 1.165) is 23.2 Å². The largest absolute Gasteiger partial charge is 0.324 e. The van der Waals surface area contributed by atoms with Gasteiger partial charge < -0.3 is 5.32 Å². The fraction of sp³-hybridized carbons (Fsp3) is 0.235. The summed E-state index contributed by atoms with van der Waals surface area (Å²) in [7, 11) is -3.85. The molecule has 2 aromatic carbocycles. The minimum atomic E-state index is -3.85. The molecule has 7 heteroatoms. The molecule has 0 aliphatic heterocycles. The van der Waals surface area contributed by atoms with Crippen molar-refractivity contribution in [2.75, 3.05) is 11.9 Å². The van der Waals surface area contributed by atoms with Crippen molar-refractivity contribution in [1.29, 1.82) is 0 Å². The molecule has 0 fully saturated rings. The van der Waals surface area contributed by atoms with Gasteiger partial charge in [0.1, 0.15) is 4.90 Å². The fourth-order valence-electron chi connectivity index (χ4n) is 2.29. The smallest absolute Gasteiger partial charge is 0.242 e. The Balaban J connectivity index is 2.08. The number of hydrogen-bond acceptors (Lipinski definition) is 3. The van der Waals surface area contributed by atoms with Gasteiger partial charge in [0.25, 0.3) is 0 Å². The number of halogens is 1. The van der Waals surface area contributed by atoms with E-state index >= 15 is 0 Å². The third-order valence-corrected chi connectivity index (χ3v) is 5.45. The normalized spacial score (nSPS) is 11.3. The molecule has 2 aromatic rings. The quantitative estimate of drug-likeness (QED) is 0.824. The Labute approximate surface area is 147 Å². The van der Waals surface area contributed by atoms with Crippen molar-refractivity contribution in [3.63, 3.8) is 0 Å². The lowest BCUT2D eigenvalue weighted by Crippen LogP contribution is -2.33. The molecular weight excluding hydrogens is 348 g/mol. The maximum atomic E-state index is 12.2. The minimum Gasteiger partial charge on any atom is -0.324 e. The van der Waals surface area contributed by atoms with Crippen molar-refractivity contribution in [2.45, 2.75) is 25.2 Å². The maximum absolute atomic E-state index is 12.2. The highest BCUT2D eigenvalue weighted by molar-refractivity contribution is 7.89. The highest BCUT2D eigenvalue weighted by Crippen LogP contribution is 2.22. The average Bonchev–Trinajstić information content (AvgIpc) is 2.55. The van der Waals surface area contributed by atoms with Crippen molar-refractivity contribution in [2.24, 2.45) is 0 Å². The summed E-state index contributed by atoms with van der Waals surface area (Å²) in [4.78, 5) is 12.1. The Hall–Kier alpha value is -1.89. The molecular formula is C17H19ClN2O3S. The van der Waals surface area contributed by atoms with Gasteiger partial charge in [0.05, 0.1) is 11.6 Å². The van der Waals surface area contributed by atoms with Crippen LogP contribution in [0.2, 0.25) is 5.02 Å². The van der Waals surface area contributed by atoms with Gasteiger partial charge in [0.2, 0.25) is 15.9 Å². The third kappa shape index (κ3) is 4.35. The first kappa shape index (κ1) is 18.4. The Bertz CT molecular complexity index is 851. The number of nitrogens with one attached hydrogen (secondary N) is 2. The van der Waals surface area contributed by atoms with E-state index in [1.165, 1.54) is 12.1 Å². The number of benzene rings is 2. The minimum absolute atomic E-state index is 0.0513. The van der Waals surface area contributed by atoms with Crippen LogP contribution in [-0.4, -0.2) is 20.9 Å². The molecule has 5 nitrogen and oxygen atoms in total. The molecule has 0 saturated carbocycles. The summed E-state index contributed by atoms with van der Waals surface area (Å²) in [5, 5.41) is 2.88. The van der Waals surface area contributed by atoms with Gasteiger partial charge >= 0.3 is 0 Å². The van der Waals surface area contributed by atoms with Crippen molar-refractivity contribution < 1.29 is 13.2 Å². The molecule has 0 aliphatic rings. The zero-order valence-electron chi connectivity index (χ0n) is 13.5. The number of anilines is 1. The van der Waals surface area contributed by atoms with Crippen LogP contribution in [0.1, 0.15) is 18.1 Å². The number of carbonyl (C=O) groups is 1. The molecule has 0 atom stereocenters. The summed E-state index contributed by atoms with van der Waals surface area (Å²) < 4.78 is 26.7. The van der Waals surface area contributed by atoms with Gasteiger partial charge in [-0.3, -0.25) is 4.79 Å². The number of rotatable bonds is 6. The zero-order valence-corrected chi connectivity index (χ0v) is 15.0. The first-order valence-electron chi connectivity index (χ1n) is 7.47. The summed E-state index contributed by atoms with van der Waals surface area (Å²) >= 11 is 5.89. The lowest BCUT2D eigenvalue weighted by atomic mass is 10.1. The molecule has 0 aliphatic carbocycles. The first-order chi connectivity index (χ1) is 11.3. The number of sulfonamides is 1. The molecule has 0 unspecified atom stereocenters. The summed E-state index contributed by atoms with van der Waals surface area (Å²) in [5.74, 6) is -0.436. The van der Waals surface area contributed by atoms with Gasteiger partial charge in [-0.1, -0.05) is 48.9 Å². The van der Waals surface area contributed by atoms with E-state index in [2.05, 4.69) is 10.0 Å². The van der Waals surface area contributed by atoms with Crippen LogP contribution in [0.15, 0.2) is 47.4 Å². The van der Waals surface area contributed by atoms with Gasteiger partial charge in [-0.2, -0.15) is 0 Å². The number of amides is 1. The Morgan fingerprint density at radius 3 is 2.50 bits per heavy atom. The van der Waals surface area contributed by atoms with Crippen molar-refractivity contribution in [1.82, 2.24) is 4.72 Å². The molecule has 2 rings (SSSR count). The Morgan fingerprint density at radius 1 is 1.12 bits per heavy atom. The lowest BCUT2D eigenvalue weighted by Gasteiger charge is -2.13. The molecule has 0 saturated heterocycles. The molecule has 0 bridgehead atoms. The monoisotopic (exact) mass is 366 g/mol. The second-order valence-electron chi connectivity index (χ2n) is 5.27. The second-order valence-corrected chi connectivity index (χ2v) is 7.41. The van der Waals surface area contributed by atoms with E-state index in [-0.39, 0.29) is 16.5 Å². The third-order valence-electron chi connectivity index (χ3n) is 3.55. The van der Waals surface area contributed by atoms with Crippen LogP contribution in [0, 0.1) is 6.92 Å². The summed E-state index contributed by atoms with van der Waals surface area (Å²) in [6.07, 6.45) is 0.767. The van der Waals surface area contributed by atoms with Crippen molar-refractivity contribution in [3.05, 3.63) is 58.6 Å². The standard InChI is InChI=1S/C17H19ClN2O3S/c1-3-13-8-6-7-12(2)17(13)20-16(21)11-19-24(22,23)15-10-5-4-9-14(15)18/h4-10,19H,3,11H2,1-2H3,(H,20,21). The van der Waals surface area contributed by atoms with Crippen LogP contribution in [0.3, 0.4) is 0 Å². The van der Waals surface area contributed by atoms with Crippen LogP contribution >= 0.6 is 11.6 Å². The molecule has 0 radical (unpaired) electrons. The average molecular weight is 367 g/mol. The highest BCUT2D eigenvalue weighted by Gasteiger charge is 2.18. The summed E-state index contributed by atoms with van der Waals surface area (Å²) in [5.41, 5.74) is 2.65. The van der Waals surface area contributed by atoms with Gasteiger partial charge in [-0.25, -0.2) is 13.1 Å². The maximum Gasteiger partial charge on any atom is 0.242 e. The van der Waals surface area contributed by atoms with Crippen LogP contribution < -0.4 is 10.0 Å². The molecule has 0 aromatic heterocycles. The highest BCUT2D eigenvalue weighted by atomic mass is 35.5. The Kier molecular flexibility index (Phi) is 5.99. The molecule has 1 amide bonds. The molecule has 128 valence electrons. The fourth-order valence-corrected chi connectivity index (χ4v) is 3.79.